The number of nitrogens with zero attached hydrogens (tertiary/aromatic N) is 4. The fraction of sp³-hybridized carbons (Fsp3) is 0.333. The van der Waals surface area contributed by atoms with E-state index in [1.165, 1.54) is 16.2 Å². The summed E-state index contributed by atoms with van der Waals surface area (Å²) in [5.74, 6) is 0.922. The molecule has 0 spiro atoms. The third kappa shape index (κ3) is 3.99. The highest BCUT2D eigenvalue weighted by atomic mass is 35.5. The fourth-order valence-corrected chi connectivity index (χ4v) is 4.26. The first-order valence-electron chi connectivity index (χ1n) is 9.59. The van der Waals surface area contributed by atoms with Gasteiger partial charge in [0.25, 0.3) is 0 Å². The van der Waals surface area contributed by atoms with Crippen LogP contribution in [0, 0.1) is 18.6 Å². The lowest BCUT2D eigenvalue weighted by molar-refractivity contribution is -0.924. The molecule has 0 atom stereocenters. The first-order chi connectivity index (χ1) is 13.5. The molecule has 7 heteroatoms. The third-order valence-corrected chi connectivity index (χ3v) is 5.94. The van der Waals surface area contributed by atoms with Crippen LogP contribution in [0.2, 0.25) is 5.02 Å². The zero-order chi connectivity index (χ0) is 19.7. The Morgan fingerprint density at radius 2 is 1.75 bits per heavy atom. The third-order valence-electron chi connectivity index (χ3n) is 5.31. The van der Waals surface area contributed by atoms with E-state index < -0.39 is 0 Å². The number of anilines is 1. The van der Waals surface area contributed by atoms with Crippen molar-refractivity contribution in [3.63, 3.8) is 0 Å². The molecule has 0 radical (unpaired) electrons. The van der Waals surface area contributed by atoms with Crippen molar-refractivity contribution in [2.75, 3.05) is 31.1 Å². The van der Waals surface area contributed by atoms with E-state index in [2.05, 4.69) is 46.7 Å². The molecule has 1 aliphatic heterocycles. The maximum Gasteiger partial charge on any atom is 0.207 e. The van der Waals surface area contributed by atoms with Gasteiger partial charge in [0, 0.05) is 16.4 Å². The van der Waals surface area contributed by atoms with Crippen LogP contribution in [-0.4, -0.2) is 40.5 Å². The van der Waals surface area contributed by atoms with Crippen LogP contribution in [0.3, 0.4) is 0 Å². The van der Waals surface area contributed by atoms with Crippen LogP contribution >= 0.6 is 23.8 Å². The minimum absolute atomic E-state index is 0.756. The Bertz CT molecular complexity index is 1020. The number of aryl methyl sites for hydroxylation is 2. The number of halogens is 1. The summed E-state index contributed by atoms with van der Waals surface area (Å²) in [5.41, 5.74) is 3.50. The normalized spacial score (nSPS) is 15.2. The number of benzene rings is 2. The quantitative estimate of drug-likeness (QED) is 0.665. The molecule has 2 heterocycles. The lowest BCUT2D eigenvalue weighted by atomic mass is 10.2. The number of quaternary nitrogens is 1. The van der Waals surface area contributed by atoms with E-state index in [1.807, 2.05) is 29.8 Å². The summed E-state index contributed by atoms with van der Waals surface area (Å²) in [4.78, 5) is 3.88. The highest BCUT2D eigenvalue weighted by Crippen LogP contribution is 2.19. The van der Waals surface area contributed by atoms with E-state index in [9.17, 15) is 0 Å². The zero-order valence-corrected chi connectivity index (χ0v) is 17.8. The molecule has 2 aromatic carbocycles. The predicted molar refractivity (Wildman–Crippen MR) is 116 cm³/mol. The number of rotatable bonds is 4. The summed E-state index contributed by atoms with van der Waals surface area (Å²) >= 11 is 11.9. The zero-order valence-electron chi connectivity index (χ0n) is 16.2. The molecule has 1 fully saturated rings. The van der Waals surface area contributed by atoms with E-state index in [0.29, 0.717) is 0 Å². The summed E-state index contributed by atoms with van der Waals surface area (Å²) < 4.78 is 4.77. The molecule has 3 aromatic rings. The molecule has 5 nitrogen and oxygen atoms in total. The number of hydrogen-bond donors (Lipinski definition) is 1. The highest BCUT2D eigenvalue weighted by Gasteiger charge is 2.22. The van der Waals surface area contributed by atoms with Crippen molar-refractivity contribution in [2.24, 2.45) is 0 Å². The first kappa shape index (κ1) is 19.2. The Morgan fingerprint density at radius 1 is 1.04 bits per heavy atom. The Morgan fingerprint density at radius 3 is 2.43 bits per heavy atom. The molecule has 146 valence electrons. The summed E-state index contributed by atoms with van der Waals surface area (Å²) in [6.07, 6.45) is 0. The first-order valence-corrected chi connectivity index (χ1v) is 10.4. The van der Waals surface area contributed by atoms with Gasteiger partial charge in [0.05, 0.1) is 26.2 Å². The summed E-state index contributed by atoms with van der Waals surface area (Å²) in [7, 11) is 0. The second-order valence-electron chi connectivity index (χ2n) is 7.38. The Labute approximate surface area is 175 Å². The Kier molecular flexibility index (Phi) is 5.53. The Balaban J connectivity index is 1.45. The van der Waals surface area contributed by atoms with Crippen LogP contribution < -0.4 is 9.80 Å². The monoisotopic (exact) mass is 414 g/mol. The minimum atomic E-state index is 0.756. The standard InChI is InChI=1S/C21H24ClN5S/c1-16-6-8-19(9-7-16)27-17(2)23-26(21(27)28)15-24-10-12-25(13-11-24)20-5-3-4-18(22)14-20/h3-9,14H,10-13,15H2,1-2H3/p+1. The van der Waals surface area contributed by atoms with Crippen LogP contribution in [-0.2, 0) is 6.67 Å². The molecule has 4 rings (SSSR count). The average Bonchev–Trinajstić information content (AvgIpc) is 2.96. The summed E-state index contributed by atoms with van der Waals surface area (Å²) in [6, 6.07) is 16.5. The van der Waals surface area contributed by atoms with Gasteiger partial charge in [-0.05, 0) is 56.4 Å². The topological polar surface area (TPSA) is 30.4 Å². The number of hydrogen-bond acceptors (Lipinski definition) is 3. The molecule has 0 saturated carbocycles. The van der Waals surface area contributed by atoms with Gasteiger partial charge in [-0.25, -0.2) is 0 Å². The van der Waals surface area contributed by atoms with E-state index in [0.717, 1.165) is 54.2 Å². The van der Waals surface area contributed by atoms with Crippen LogP contribution in [0.25, 0.3) is 5.69 Å². The maximum atomic E-state index is 6.14. The minimum Gasteiger partial charge on any atom is -0.360 e. The van der Waals surface area contributed by atoms with Crippen molar-refractivity contribution in [3.05, 3.63) is 69.7 Å². The van der Waals surface area contributed by atoms with E-state index in [-0.39, 0.29) is 0 Å². The van der Waals surface area contributed by atoms with Gasteiger partial charge in [-0.3, -0.25) is 4.57 Å². The molecule has 28 heavy (non-hydrogen) atoms. The summed E-state index contributed by atoms with van der Waals surface area (Å²) in [6.45, 7) is 8.99. The molecule has 1 aromatic heterocycles. The second kappa shape index (κ2) is 8.07. The number of aromatic nitrogens is 3. The van der Waals surface area contributed by atoms with Crippen molar-refractivity contribution in [2.45, 2.75) is 20.5 Å². The lowest BCUT2D eigenvalue weighted by Crippen LogP contribution is -3.14. The van der Waals surface area contributed by atoms with Crippen molar-refractivity contribution < 1.29 is 4.90 Å². The van der Waals surface area contributed by atoms with Crippen LogP contribution in [0.5, 0.6) is 0 Å². The van der Waals surface area contributed by atoms with Gasteiger partial charge in [-0.1, -0.05) is 35.4 Å². The molecule has 1 aliphatic rings. The summed E-state index contributed by atoms with van der Waals surface area (Å²) in [5, 5.41) is 5.50. The smallest absolute Gasteiger partial charge is 0.207 e. The van der Waals surface area contributed by atoms with E-state index in [4.69, 9.17) is 28.9 Å². The average molecular weight is 415 g/mol. The second-order valence-corrected chi connectivity index (χ2v) is 8.18. The number of nitrogens with one attached hydrogen (secondary N) is 1. The van der Waals surface area contributed by atoms with Crippen LogP contribution in [0.1, 0.15) is 11.4 Å². The van der Waals surface area contributed by atoms with Gasteiger partial charge in [-0.2, -0.15) is 9.78 Å². The van der Waals surface area contributed by atoms with Crippen LogP contribution in [0.4, 0.5) is 5.69 Å². The maximum absolute atomic E-state index is 6.14. The van der Waals surface area contributed by atoms with Gasteiger partial charge in [0.1, 0.15) is 5.82 Å². The van der Waals surface area contributed by atoms with Crippen molar-refractivity contribution in [3.8, 4) is 5.69 Å². The molecule has 1 saturated heterocycles. The highest BCUT2D eigenvalue weighted by molar-refractivity contribution is 7.71. The molecule has 0 bridgehead atoms. The van der Waals surface area contributed by atoms with E-state index >= 15 is 0 Å². The van der Waals surface area contributed by atoms with Gasteiger partial charge >= 0.3 is 0 Å². The molecular weight excluding hydrogens is 390 g/mol. The molecule has 1 N–H and O–H groups in total. The van der Waals surface area contributed by atoms with Crippen molar-refractivity contribution in [1.29, 1.82) is 0 Å². The molecule has 0 aliphatic carbocycles. The number of piperazine rings is 1. The lowest BCUT2D eigenvalue weighted by Gasteiger charge is -2.33. The Hall–Kier alpha value is -2.15. The largest absolute Gasteiger partial charge is 0.360 e. The molecule has 0 amide bonds. The molecule has 0 unspecified atom stereocenters. The van der Waals surface area contributed by atoms with Crippen molar-refractivity contribution in [1.82, 2.24) is 14.3 Å². The van der Waals surface area contributed by atoms with Gasteiger partial charge in [-0.15, -0.1) is 0 Å². The SMILES string of the molecule is Cc1ccc(-n2c(C)nn(C[NH+]3CCN(c4cccc(Cl)c4)CC3)c2=S)cc1. The van der Waals surface area contributed by atoms with Gasteiger partial charge in [0.15, 0.2) is 6.67 Å². The van der Waals surface area contributed by atoms with Gasteiger partial charge < -0.3 is 9.80 Å². The predicted octanol–water partition coefficient (Wildman–Crippen LogP) is 3.04. The van der Waals surface area contributed by atoms with Crippen molar-refractivity contribution >= 4 is 29.5 Å². The fourth-order valence-electron chi connectivity index (χ4n) is 3.73. The van der Waals surface area contributed by atoms with Gasteiger partial charge in [0.2, 0.25) is 4.77 Å². The van der Waals surface area contributed by atoms with E-state index in [1.54, 1.807) is 0 Å². The molecular formula is C21H25ClN5S+. The van der Waals surface area contributed by atoms with Crippen LogP contribution in [0.15, 0.2) is 48.5 Å².